The largest absolute Gasteiger partial charge is 0.383 e. The van der Waals surface area contributed by atoms with E-state index in [0.29, 0.717) is 30.0 Å². The summed E-state index contributed by atoms with van der Waals surface area (Å²) in [5, 5.41) is 16.9. The Kier molecular flexibility index (Phi) is 12.6. The number of ether oxygens (including phenoxy) is 1. The van der Waals surface area contributed by atoms with E-state index in [1.807, 2.05) is 0 Å². The number of carbonyl (C=O) groups is 3. The van der Waals surface area contributed by atoms with Crippen LogP contribution in [0, 0.1) is 11.8 Å². The van der Waals surface area contributed by atoms with Crippen molar-refractivity contribution in [3.05, 3.63) is 65.2 Å². The van der Waals surface area contributed by atoms with Gasteiger partial charge in [0.15, 0.2) is 0 Å². The van der Waals surface area contributed by atoms with Gasteiger partial charge < -0.3 is 26.4 Å². The van der Waals surface area contributed by atoms with Crippen LogP contribution >= 0.6 is 0 Å². The molecule has 0 unspecified atom stereocenters. The highest BCUT2D eigenvalue weighted by molar-refractivity contribution is 5.97. The molecule has 10 heteroatoms. The van der Waals surface area contributed by atoms with Gasteiger partial charge in [-0.2, -0.15) is 0 Å². The molecule has 182 valence electrons. The third-order valence-electron chi connectivity index (χ3n) is 4.40. The van der Waals surface area contributed by atoms with Gasteiger partial charge in [-0.05, 0) is 48.5 Å². The van der Waals surface area contributed by atoms with Gasteiger partial charge in [-0.15, -0.1) is 0 Å². The molecule has 0 spiro atoms. The fourth-order valence-corrected chi connectivity index (χ4v) is 2.62. The van der Waals surface area contributed by atoms with Crippen molar-refractivity contribution in [2.75, 3.05) is 38.7 Å². The number of nitrogens with two attached hydrogens (primary N) is 1. The fraction of sp³-hybridized carbons (Fsp3) is 0.292. The fourth-order valence-electron chi connectivity index (χ4n) is 2.62. The predicted molar refractivity (Wildman–Crippen MR) is 129 cm³/mol. The average molecular weight is 470 g/mol. The highest BCUT2D eigenvalue weighted by atomic mass is 16.5. The van der Waals surface area contributed by atoms with Crippen LogP contribution in [0.5, 0.6) is 0 Å². The summed E-state index contributed by atoms with van der Waals surface area (Å²) in [6.07, 6.45) is 0. The van der Waals surface area contributed by atoms with Crippen molar-refractivity contribution in [2.24, 2.45) is 5.73 Å². The molecule has 0 saturated heterocycles. The van der Waals surface area contributed by atoms with Crippen LogP contribution in [-0.4, -0.2) is 62.3 Å². The van der Waals surface area contributed by atoms with Crippen LogP contribution in [0.25, 0.3) is 0 Å². The second-order valence-corrected chi connectivity index (χ2v) is 6.86. The standard InChI is InChI=1S/C23H27N5O5.CH4/c1-33-13-12-25-15-21(29)26-19-10-6-17(7-11-19)3-2-16-4-8-18(9-5-16)22(30)27-20(14-24)23(31)28-32;/h4-11,20,25,32H,12-15,24H2,1H3,(H,26,29)(H,27,30)(H,28,31);1H4/t20-;/m0./s1. The van der Waals surface area contributed by atoms with E-state index < -0.39 is 17.9 Å². The summed E-state index contributed by atoms with van der Waals surface area (Å²) in [6.45, 7) is 1.17. The summed E-state index contributed by atoms with van der Waals surface area (Å²) in [4.78, 5) is 35.5. The van der Waals surface area contributed by atoms with Gasteiger partial charge in [-0.25, -0.2) is 5.48 Å². The number of amides is 3. The Morgan fingerprint density at radius 1 is 1.03 bits per heavy atom. The molecule has 3 amide bonds. The minimum Gasteiger partial charge on any atom is -0.383 e. The smallest absolute Gasteiger partial charge is 0.267 e. The molecule has 0 fully saturated rings. The highest BCUT2D eigenvalue weighted by Gasteiger charge is 2.19. The van der Waals surface area contributed by atoms with Crippen LogP contribution in [0.4, 0.5) is 5.69 Å². The molecule has 0 aliphatic rings. The molecule has 10 nitrogen and oxygen atoms in total. The van der Waals surface area contributed by atoms with Crippen LogP contribution in [0.2, 0.25) is 0 Å². The lowest BCUT2D eigenvalue weighted by atomic mass is 10.1. The summed E-state index contributed by atoms with van der Waals surface area (Å²) in [5.74, 6) is 4.57. The maximum atomic E-state index is 12.2. The first-order valence-corrected chi connectivity index (χ1v) is 10.1. The molecule has 0 aromatic heterocycles. The van der Waals surface area contributed by atoms with Crippen molar-refractivity contribution in [3.8, 4) is 11.8 Å². The zero-order valence-electron chi connectivity index (χ0n) is 18.2. The molecule has 0 aliphatic heterocycles. The number of hydrogen-bond acceptors (Lipinski definition) is 7. The lowest BCUT2D eigenvalue weighted by Crippen LogP contribution is -2.50. The van der Waals surface area contributed by atoms with Crippen molar-refractivity contribution in [2.45, 2.75) is 13.5 Å². The molecule has 7 N–H and O–H groups in total. The average Bonchev–Trinajstić information content (AvgIpc) is 2.84. The van der Waals surface area contributed by atoms with E-state index in [1.54, 1.807) is 55.6 Å². The van der Waals surface area contributed by atoms with Gasteiger partial charge in [0.05, 0.1) is 13.2 Å². The van der Waals surface area contributed by atoms with Gasteiger partial charge in [-0.3, -0.25) is 19.6 Å². The van der Waals surface area contributed by atoms with E-state index in [9.17, 15) is 14.4 Å². The molecular weight excluding hydrogens is 438 g/mol. The predicted octanol–water partition coefficient (Wildman–Crippen LogP) is 0.460. The van der Waals surface area contributed by atoms with Gasteiger partial charge in [0, 0.05) is 42.6 Å². The summed E-state index contributed by atoms with van der Waals surface area (Å²) in [7, 11) is 1.60. The maximum Gasteiger partial charge on any atom is 0.267 e. The first kappa shape index (κ1) is 28.3. The molecular formula is C24H31N5O5. The number of carbonyl (C=O) groups excluding carboxylic acids is 3. The zero-order valence-corrected chi connectivity index (χ0v) is 18.2. The highest BCUT2D eigenvalue weighted by Crippen LogP contribution is 2.09. The number of hydroxylamine groups is 1. The quantitative estimate of drug-likeness (QED) is 0.128. The molecule has 0 bridgehead atoms. The Balaban J connectivity index is 0.00000578. The van der Waals surface area contributed by atoms with E-state index in [0.717, 1.165) is 5.56 Å². The lowest BCUT2D eigenvalue weighted by molar-refractivity contribution is -0.130. The van der Waals surface area contributed by atoms with Crippen LogP contribution in [0.3, 0.4) is 0 Å². The summed E-state index contributed by atoms with van der Waals surface area (Å²) in [5.41, 5.74) is 9.32. The topological polar surface area (TPSA) is 155 Å². The normalized spacial score (nSPS) is 10.7. The zero-order chi connectivity index (χ0) is 24.1. The van der Waals surface area contributed by atoms with Crippen molar-refractivity contribution in [1.29, 1.82) is 0 Å². The second kappa shape index (κ2) is 15.2. The van der Waals surface area contributed by atoms with Crippen LogP contribution in [0.15, 0.2) is 48.5 Å². The molecule has 34 heavy (non-hydrogen) atoms. The number of anilines is 1. The van der Waals surface area contributed by atoms with Gasteiger partial charge in [0.25, 0.3) is 11.8 Å². The van der Waals surface area contributed by atoms with Gasteiger partial charge in [0.2, 0.25) is 5.91 Å². The van der Waals surface area contributed by atoms with Crippen molar-refractivity contribution in [1.82, 2.24) is 16.1 Å². The minimum atomic E-state index is -1.04. The van der Waals surface area contributed by atoms with Crippen molar-refractivity contribution < 1.29 is 24.3 Å². The first-order valence-electron chi connectivity index (χ1n) is 10.1. The Hall–Kier alpha value is -3.75. The van der Waals surface area contributed by atoms with Crippen LogP contribution < -0.4 is 27.2 Å². The van der Waals surface area contributed by atoms with E-state index >= 15 is 0 Å². The first-order chi connectivity index (χ1) is 16.0. The number of nitrogens with one attached hydrogen (secondary N) is 4. The minimum absolute atomic E-state index is 0. The van der Waals surface area contributed by atoms with E-state index in [4.69, 9.17) is 15.7 Å². The Morgan fingerprint density at radius 3 is 2.15 bits per heavy atom. The lowest BCUT2D eigenvalue weighted by Gasteiger charge is -2.14. The van der Waals surface area contributed by atoms with Gasteiger partial charge >= 0.3 is 0 Å². The molecule has 1 atom stereocenters. The number of methoxy groups -OCH3 is 1. The molecule has 2 aromatic rings. The number of hydrogen-bond donors (Lipinski definition) is 6. The second-order valence-electron chi connectivity index (χ2n) is 6.86. The van der Waals surface area contributed by atoms with E-state index in [2.05, 4.69) is 27.8 Å². The maximum absolute atomic E-state index is 12.2. The van der Waals surface area contributed by atoms with Gasteiger partial charge in [-0.1, -0.05) is 19.3 Å². The van der Waals surface area contributed by atoms with E-state index in [1.165, 1.54) is 5.48 Å². The van der Waals surface area contributed by atoms with Gasteiger partial charge in [0.1, 0.15) is 6.04 Å². The third-order valence-corrected chi connectivity index (χ3v) is 4.40. The Labute approximate surface area is 199 Å². The Bertz CT molecular complexity index is 997. The number of benzene rings is 2. The molecule has 2 aromatic carbocycles. The summed E-state index contributed by atoms with van der Waals surface area (Å²) in [6, 6.07) is 12.6. The molecule has 2 rings (SSSR count). The van der Waals surface area contributed by atoms with Crippen LogP contribution in [0.1, 0.15) is 28.9 Å². The van der Waals surface area contributed by atoms with E-state index in [-0.39, 0.29) is 26.4 Å². The molecule has 0 aliphatic carbocycles. The van der Waals surface area contributed by atoms with Crippen LogP contribution in [-0.2, 0) is 14.3 Å². The summed E-state index contributed by atoms with van der Waals surface area (Å²) < 4.78 is 4.91. The monoisotopic (exact) mass is 469 g/mol. The Morgan fingerprint density at radius 2 is 1.62 bits per heavy atom. The van der Waals surface area contributed by atoms with Crippen molar-refractivity contribution in [3.63, 3.8) is 0 Å². The SMILES string of the molecule is C.COCCNCC(=O)Nc1ccc(C#Cc2ccc(C(=O)N[C@@H](CN)C(=O)NO)cc2)cc1. The number of rotatable bonds is 10. The van der Waals surface area contributed by atoms with Crippen molar-refractivity contribution >= 4 is 23.4 Å². The summed E-state index contributed by atoms with van der Waals surface area (Å²) >= 11 is 0. The molecule has 0 radical (unpaired) electrons. The molecule has 0 saturated carbocycles. The third kappa shape index (κ3) is 9.40. The molecule has 0 heterocycles.